The first-order chi connectivity index (χ1) is 9.40. The van der Waals surface area contributed by atoms with Crippen LogP contribution >= 0.6 is 0 Å². The fraction of sp³-hybridized carbons (Fsp3) is 0.133. The summed E-state index contributed by atoms with van der Waals surface area (Å²) in [6, 6.07) is 6.78. The van der Waals surface area contributed by atoms with Gasteiger partial charge in [-0.25, -0.2) is 4.39 Å². The van der Waals surface area contributed by atoms with Crippen LogP contribution in [0.15, 0.2) is 30.3 Å². The van der Waals surface area contributed by atoms with E-state index >= 15 is 0 Å². The lowest BCUT2D eigenvalue weighted by molar-refractivity contribution is 0.102. The quantitative estimate of drug-likeness (QED) is 0.788. The van der Waals surface area contributed by atoms with E-state index in [-0.39, 0.29) is 17.1 Å². The molecule has 0 unspecified atom stereocenters. The molecule has 2 aromatic rings. The van der Waals surface area contributed by atoms with Gasteiger partial charge in [-0.2, -0.15) is 0 Å². The summed E-state index contributed by atoms with van der Waals surface area (Å²) in [6.07, 6.45) is 0. The maximum Gasteiger partial charge on any atom is 0.263 e. The Hall–Kier alpha value is -2.56. The van der Waals surface area contributed by atoms with E-state index in [1.165, 1.54) is 24.3 Å². The molecule has 0 aliphatic heterocycles. The molecule has 1 amide bonds. The van der Waals surface area contributed by atoms with Crippen LogP contribution in [0.25, 0.3) is 0 Å². The highest BCUT2D eigenvalue weighted by Crippen LogP contribution is 2.33. The largest absolute Gasteiger partial charge is 0.507 e. The van der Waals surface area contributed by atoms with Gasteiger partial charge in [0.25, 0.3) is 5.91 Å². The number of phenols is 2. The monoisotopic (exact) mass is 275 g/mol. The van der Waals surface area contributed by atoms with Gasteiger partial charge in [-0.1, -0.05) is 0 Å². The molecule has 3 N–H and O–H groups in total. The fourth-order valence-electron chi connectivity index (χ4n) is 1.91. The number of hydrogen-bond donors (Lipinski definition) is 3. The minimum absolute atomic E-state index is 0.188. The van der Waals surface area contributed by atoms with Gasteiger partial charge >= 0.3 is 0 Å². The lowest BCUT2D eigenvalue weighted by atomic mass is 10.0. The molecule has 0 bridgehead atoms. The third kappa shape index (κ3) is 2.56. The van der Waals surface area contributed by atoms with E-state index in [4.69, 9.17) is 0 Å². The molecule has 0 atom stereocenters. The number of rotatable bonds is 2. The maximum absolute atomic E-state index is 12.8. The molecule has 0 aliphatic carbocycles. The van der Waals surface area contributed by atoms with E-state index < -0.39 is 11.7 Å². The van der Waals surface area contributed by atoms with Crippen molar-refractivity contribution in [1.82, 2.24) is 0 Å². The number of carbonyl (C=O) groups excluding carboxylic acids is 1. The first kappa shape index (κ1) is 13.9. The number of benzene rings is 2. The molecule has 0 spiro atoms. The Labute approximate surface area is 115 Å². The molecule has 0 saturated carbocycles. The van der Waals surface area contributed by atoms with Crippen molar-refractivity contribution in [2.75, 3.05) is 5.32 Å². The first-order valence-corrected chi connectivity index (χ1v) is 5.99. The van der Waals surface area contributed by atoms with E-state index in [1.807, 2.05) is 0 Å². The summed E-state index contributed by atoms with van der Waals surface area (Å²) in [5.41, 5.74) is 1.16. The molecule has 104 valence electrons. The van der Waals surface area contributed by atoms with Crippen molar-refractivity contribution in [1.29, 1.82) is 0 Å². The molecule has 0 radical (unpaired) electrons. The number of phenolic OH excluding ortho intramolecular Hbond substituents is 2. The Balaban J connectivity index is 2.37. The van der Waals surface area contributed by atoms with E-state index in [1.54, 1.807) is 19.9 Å². The number of aromatic hydroxyl groups is 2. The number of carbonyl (C=O) groups is 1. The van der Waals surface area contributed by atoms with E-state index in [0.717, 1.165) is 0 Å². The summed E-state index contributed by atoms with van der Waals surface area (Å²) in [6.45, 7) is 3.27. The predicted molar refractivity (Wildman–Crippen MR) is 73.6 cm³/mol. The number of aryl methyl sites for hydroxylation is 2. The van der Waals surface area contributed by atoms with Crippen LogP contribution in [0.1, 0.15) is 21.5 Å². The van der Waals surface area contributed by atoms with Crippen LogP contribution < -0.4 is 5.32 Å². The first-order valence-electron chi connectivity index (χ1n) is 5.99. The molecule has 0 aromatic heterocycles. The zero-order valence-electron chi connectivity index (χ0n) is 11.1. The van der Waals surface area contributed by atoms with Gasteiger partial charge < -0.3 is 15.5 Å². The van der Waals surface area contributed by atoms with Crippen LogP contribution in [-0.4, -0.2) is 16.1 Å². The van der Waals surface area contributed by atoms with Crippen molar-refractivity contribution in [3.05, 3.63) is 52.8 Å². The predicted octanol–water partition coefficient (Wildman–Crippen LogP) is 3.11. The van der Waals surface area contributed by atoms with E-state index in [0.29, 0.717) is 16.8 Å². The summed E-state index contributed by atoms with van der Waals surface area (Å²) in [5, 5.41) is 22.3. The van der Waals surface area contributed by atoms with Gasteiger partial charge in [0.2, 0.25) is 0 Å². The second kappa shape index (κ2) is 5.21. The summed E-state index contributed by atoms with van der Waals surface area (Å²) >= 11 is 0. The summed E-state index contributed by atoms with van der Waals surface area (Å²) in [7, 11) is 0. The SMILES string of the molecule is Cc1cc(C)c(O)c(C(=O)Nc2ccc(F)cc2)c1O. The van der Waals surface area contributed by atoms with Crippen molar-refractivity contribution in [3.63, 3.8) is 0 Å². The number of hydrogen-bond acceptors (Lipinski definition) is 3. The maximum atomic E-state index is 12.8. The minimum Gasteiger partial charge on any atom is -0.507 e. The normalized spacial score (nSPS) is 10.3. The molecule has 4 nitrogen and oxygen atoms in total. The van der Waals surface area contributed by atoms with Gasteiger partial charge in [0.05, 0.1) is 0 Å². The van der Waals surface area contributed by atoms with Crippen LogP contribution in [0.3, 0.4) is 0 Å². The summed E-state index contributed by atoms with van der Waals surface area (Å²) < 4.78 is 12.8. The minimum atomic E-state index is -0.654. The molecule has 0 fully saturated rings. The lowest BCUT2D eigenvalue weighted by Gasteiger charge is -2.12. The fourth-order valence-corrected chi connectivity index (χ4v) is 1.91. The molecular formula is C15H14FNO3. The van der Waals surface area contributed by atoms with Crippen molar-refractivity contribution in [3.8, 4) is 11.5 Å². The van der Waals surface area contributed by atoms with Crippen LogP contribution in [0.4, 0.5) is 10.1 Å². The van der Waals surface area contributed by atoms with E-state index in [2.05, 4.69) is 5.32 Å². The van der Waals surface area contributed by atoms with Crippen LogP contribution in [0.5, 0.6) is 11.5 Å². The molecule has 2 aromatic carbocycles. The van der Waals surface area contributed by atoms with Gasteiger partial charge in [0.1, 0.15) is 22.9 Å². The molecule has 2 rings (SSSR count). The lowest BCUT2D eigenvalue weighted by Crippen LogP contribution is -2.13. The Morgan fingerprint density at radius 1 is 1.05 bits per heavy atom. The van der Waals surface area contributed by atoms with Gasteiger partial charge in [-0.05, 0) is 55.3 Å². The number of halogens is 1. The van der Waals surface area contributed by atoms with Gasteiger partial charge in [-0.15, -0.1) is 0 Å². The highest BCUT2D eigenvalue weighted by Gasteiger charge is 2.20. The summed E-state index contributed by atoms with van der Waals surface area (Å²) in [4.78, 5) is 12.1. The molecule has 0 aliphatic rings. The van der Waals surface area contributed by atoms with Crippen LogP contribution in [0.2, 0.25) is 0 Å². The second-order valence-corrected chi connectivity index (χ2v) is 4.54. The highest BCUT2D eigenvalue weighted by molar-refractivity contribution is 6.08. The van der Waals surface area contributed by atoms with Crippen LogP contribution in [0, 0.1) is 19.7 Å². The summed E-state index contributed by atoms with van der Waals surface area (Å²) in [5.74, 6) is -1.61. The van der Waals surface area contributed by atoms with Crippen molar-refractivity contribution < 1.29 is 19.4 Å². The highest BCUT2D eigenvalue weighted by atomic mass is 19.1. The molecule has 0 saturated heterocycles. The van der Waals surface area contributed by atoms with Crippen molar-refractivity contribution >= 4 is 11.6 Å². The van der Waals surface area contributed by atoms with Gasteiger partial charge in [0, 0.05) is 5.69 Å². The Morgan fingerprint density at radius 3 is 2.05 bits per heavy atom. The molecular weight excluding hydrogens is 261 g/mol. The zero-order chi connectivity index (χ0) is 14.9. The number of amides is 1. The molecule has 0 heterocycles. The third-order valence-electron chi connectivity index (χ3n) is 2.98. The van der Waals surface area contributed by atoms with Crippen molar-refractivity contribution in [2.24, 2.45) is 0 Å². The van der Waals surface area contributed by atoms with Crippen LogP contribution in [-0.2, 0) is 0 Å². The Morgan fingerprint density at radius 2 is 1.55 bits per heavy atom. The second-order valence-electron chi connectivity index (χ2n) is 4.54. The topological polar surface area (TPSA) is 69.6 Å². The average molecular weight is 275 g/mol. The zero-order valence-corrected chi connectivity index (χ0v) is 11.1. The third-order valence-corrected chi connectivity index (χ3v) is 2.98. The van der Waals surface area contributed by atoms with Crippen molar-refractivity contribution in [2.45, 2.75) is 13.8 Å². The standard InChI is InChI=1S/C15H14FNO3/c1-8-7-9(2)14(19)12(13(8)18)15(20)17-11-5-3-10(16)4-6-11/h3-7,18-19H,1-2H3,(H,17,20). The van der Waals surface area contributed by atoms with E-state index in [9.17, 15) is 19.4 Å². The molecule has 5 heteroatoms. The molecule has 20 heavy (non-hydrogen) atoms. The number of nitrogens with one attached hydrogen (secondary N) is 1. The Bertz CT molecular complexity index is 640. The smallest absolute Gasteiger partial charge is 0.263 e. The van der Waals surface area contributed by atoms with Gasteiger partial charge in [0.15, 0.2) is 0 Å². The average Bonchev–Trinajstić information content (AvgIpc) is 2.39. The van der Waals surface area contributed by atoms with Gasteiger partial charge in [-0.3, -0.25) is 4.79 Å². The Kier molecular flexibility index (Phi) is 3.61. The number of anilines is 1.